The van der Waals surface area contributed by atoms with Crippen LogP contribution in [0.15, 0.2) is 11.3 Å². The van der Waals surface area contributed by atoms with Gasteiger partial charge in [-0.15, -0.1) is 0 Å². The maximum Gasteiger partial charge on any atom is 0.308 e. The lowest BCUT2D eigenvalue weighted by Gasteiger charge is -2.30. The number of carbonyl (C=O) groups excluding carboxylic acids is 2. The molecule has 0 fully saturated rings. The fraction of sp³-hybridized carbons (Fsp3) is 0.846. The zero-order chi connectivity index (χ0) is 25.4. The van der Waals surface area contributed by atoms with E-state index in [4.69, 9.17) is 13.6 Å². The Morgan fingerprint density at radius 2 is 1.58 bits per heavy atom. The predicted octanol–water partition coefficient (Wildman–Crippen LogP) is 6.52. The van der Waals surface area contributed by atoms with Crippen LogP contribution in [0.5, 0.6) is 0 Å². The summed E-state index contributed by atoms with van der Waals surface area (Å²) >= 11 is 0. The molecule has 0 radical (unpaired) electrons. The fourth-order valence-corrected chi connectivity index (χ4v) is 5.74. The van der Waals surface area contributed by atoms with Crippen LogP contribution in [-0.2, 0) is 23.2 Å². The molecule has 1 rings (SSSR count). The fourth-order valence-electron chi connectivity index (χ4n) is 4.17. The van der Waals surface area contributed by atoms with Crippen LogP contribution >= 0.6 is 0 Å². The molecule has 1 unspecified atom stereocenters. The third-order valence-corrected chi connectivity index (χ3v) is 7.34. The third kappa shape index (κ3) is 11.9. The maximum absolute atomic E-state index is 12.7. The van der Waals surface area contributed by atoms with Crippen LogP contribution in [0.25, 0.3) is 0 Å². The van der Waals surface area contributed by atoms with Crippen molar-refractivity contribution in [2.24, 2.45) is 16.7 Å². The molecule has 0 heterocycles. The summed E-state index contributed by atoms with van der Waals surface area (Å²) < 4.78 is 17.8. The van der Waals surface area contributed by atoms with E-state index in [-0.39, 0.29) is 28.5 Å². The molecule has 7 heteroatoms. The summed E-state index contributed by atoms with van der Waals surface area (Å²) in [7, 11) is -2.55. The lowest BCUT2D eigenvalue weighted by Crippen LogP contribution is -2.30. The Morgan fingerprint density at radius 1 is 0.970 bits per heavy atom. The number of rotatable bonds is 13. The van der Waals surface area contributed by atoms with Crippen molar-refractivity contribution in [1.82, 2.24) is 0 Å². The average Bonchev–Trinajstić information content (AvgIpc) is 2.91. The number of unbranched alkanes of at least 4 members (excludes halogenated alkanes) is 3. The molecule has 0 N–H and O–H groups in total. The smallest absolute Gasteiger partial charge is 0.308 e. The average molecular weight is 499 g/mol. The van der Waals surface area contributed by atoms with Gasteiger partial charge in [-0.05, 0) is 56.3 Å². The Balaban J connectivity index is 2.49. The first-order valence-electron chi connectivity index (χ1n) is 12.9. The van der Waals surface area contributed by atoms with E-state index in [1.807, 2.05) is 0 Å². The summed E-state index contributed by atoms with van der Waals surface area (Å²) in [6.07, 6.45) is 5.79. The van der Waals surface area contributed by atoms with Gasteiger partial charge >= 0.3 is 5.97 Å². The molecule has 0 aromatic rings. The Hall–Kier alpha value is -0.926. The molecule has 0 aromatic heterocycles. The first kappa shape index (κ1) is 30.1. The lowest BCUT2D eigenvalue weighted by atomic mass is 9.79. The van der Waals surface area contributed by atoms with Crippen molar-refractivity contribution in [3.05, 3.63) is 11.3 Å². The van der Waals surface area contributed by atoms with Gasteiger partial charge < -0.3 is 13.6 Å². The van der Waals surface area contributed by atoms with Gasteiger partial charge in [-0.25, -0.2) is 0 Å². The van der Waals surface area contributed by atoms with E-state index in [1.54, 1.807) is 0 Å². The minimum absolute atomic E-state index is 0.0308. The quantitative estimate of drug-likeness (QED) is 0.125. The zero-order valence-electron chi connectivity index (χ0n) is 23.0. The monoisotopic (exact) mass is 498 g/mol. The highest BCUT2D eigenvalue weighted by Crippen LogP contribution is 2.43. The van der Waals surface area contributed by atoms with E-state index in [9.17, 15) is 9.59 Å². The molecule has 0 bridgehead atoms. The zero-order valence-corrected chi connectivity index (χ0v) is 25.3. The number of ketones is 1. The van der Waals surface area contributed by atoms with Crippen LogP contribution < -0.4 is 0 Å². The van der Waals surface area contributed by atoms with Crippen LogP contribution in [0.3, 0.4) is 0 Å². The summed E-state index contributed by atoms with van der Waals surface area (Å²) in [5, 5.41) is 0. The number of allylic oxidation sites excluding steroid dienone is 2. The van der Waals surface area contributed by atoms with Gasteiger partial charge in [0, 0.05) is 30.8 Å². The molecule has 192 valence electrons. The molecule has 5 nitrogen and oxygen atoms in total. The number of carbonyl (C=O) groups is 2. The van der Waals surface area contributed by atoms with Crippen molar-refractivity contribution in [3.8, 4) is 0 Å². The molecule has 0 saturated carbocycles. The second-order valence-corrected chi connectivity index (χ2v) is 17.0. The van der Waals surface area contributed by atoms with E-state index in [0.29, 0.717) is 19.3 Å². The molecule has 1 aliphatic rings. The highest BCUT2D eigenvalue weighted by molar-refractivity contribution is 6.49. The number of Topliss-reactive ketones (excluding diaryl/α,β-unsaturated/α-hetero) is 1. The van der Waals surface area contributed by atoms with Gasteiger partial charge in [0.25, 0.3) is 0 Å². The molecule has 0 saturated heterocycles. The van der Waals surface area contributed by atoms with Crippen LogP contribution in [-0.4, -0.2) is 36.1 Å². The lowest BCUT2D eigenvalue weighted by molar-refractivity contribution is -0.168. The third-order valence-electron chi connectivity index (χ3n) is 5.77. The minimum Gasteiger partial charge on any atom is -0.549 e. The number of hydrogen-bond acceptors (Lipinski definition) is 5. The molecule has 33 heavy (non-hydrogen) atoms. The Bertz CT molecular complexity index is 671. The first-order valence-corrected chi connectivity index (χ1v) is 18.4. The first-order chi connectivity index (χ1) is 15.1. The summed E-state index contributed by atoms with van der Waals surface area (Å²) in [5.41, 5.74) is 1.01. The number of esters is 1. The second-order valence-electron chi connectivity index (χ2n) is 12.3. The molecule has 0 amide bonds. The molecular formula is C26H50O5Si2. The SMILES string of the molecule is C[SiH](C)OC1=C(CCCCCCC(=O)OC(CC(C)(C)C)O[SiH](C)C)C(=O)C[C@H]1C(C)(C)C. The topological polar surface area (TPSA) is 61.8 Å². The van der Waals surface area contributed by atoms with E-state index in [1.165, 1.54) is 0 Å². The number of hydrogen-bond donors (Lipinski definition) is 0. The van der Waals surface area contributed by atoms with Crippen molar-refractivity contribution in [2.45, 2.75) is 125 Å². The molecular weight excluding hydrogens is 448 g/mol. The van der Waals surface area contributed by atoms with Gasteiger partial charge in [0.15, 0.2) is 21.1 Å². The van der Waals surface area contributed by atoms with Crippen molar-refractivity contribution in [3.63, 3.8) is 0 Å². The van der Waals surface area contributed by atoms with E-state index < -0.39 is 24.4 Å². The molecule has 0 aliphatic heterocycles. The van der Waals surface area contributed by atoms with E-state index in [2.05, 4.69) is 67.7 Å². The van der Waals surface area contributed by atoms with Gasteiger partial charge in [0.1, 0.15) is 0 Å². The largest absolute Gasteiger partial charge is 0.549 e. The standard InChI is InChI=1S/C26H50O5Si2/c1-25(2,3)18-23(30-32(7)8)29-22(28)16-14-12-11-13-15-19-21(27)17-20(26(4,5)6)24(19)31-33(9)10/h20,23,32-33H,11-18H2,1-10H3/t20-,23?/m1/s1. The van der Waals surface area contributed by atoms with Gasteiger partial charge in [-0.1, -0.05) is 54.4 Å². The highest BCUT2D eigenvalue weighted by Gasteiger charge is 2.40. The van der Waals surface area contributed by atoms with Crippen LogP contribution in [0, 0.1) is 16.7 Å². The van der Waals surface area contributed by atoms with Crippen LogP contribution in [0.1, 0.15) is 92.9 Å². The normalized spacial score (nSPS) is 18.4. The van der Waals surface area contributed by atoms with Crippen molar-refractivity contribution in [1.29, 1.82) is 0 Å². The second kappa shape index (κ2) is 13.2. The van der Waals surface area contributed by atoms with Crippen LogP contribution in [0.2, 0.25) is 26.2 Å². The van der Waals surface area contributed by atoms with Gasteiger partial charge in [-0.2, -0.15) is 0 Å². The van der Waals surface area contributed by atoms with E-state index in [0.717, 1.165) is 43.4 Å². The highest BCUT2D eigenvalue weighted by atomic mass is 28.3. The molecule has 2 atom stereocenters. The minimum atomic E-state index is -1.28. The van der Waals surface area contributed by atoms with Crippen molar-refractivity contribution >= 4 is 29.8 Å². The van der Waals surface area contributed by atoms with Gasteiger partial charge in [-0.3, -0.25) is 9.59 Å². The van der Waals surface area contributed by atoms with Gasteiger partial charge in [0.05, 0.1) is 5.76 Å². The van der Waals surface area contributed by atoms with Gasteiger partial charge in [0.2, 0.25) is 9.04 Å². The summed E-state index contributed by atoms with van der Waals surface area (Å²) in [6.45, 7) is 21.5. The van der Waals surface area contributed by atoms with Crippen molar-refractivity contribution < 1.29 is 23.2 Å². The predicted molar refractivity (Wildman–Crippen MR) is 141 cm³/mol. The summed E-state index contributed by atoms with van der Waals surface area (Å²) in [6, 6.07) is 0. The molecule has 0 aromatic carbocycles. The van der Waals surface area contributed by atoms with E-state index >= 15 is 0 Å². The molecule has 1 aliphatic carbocycles. The summed E-state index contributed by atoms with van der Waals surface area (Å²) in [5.74, 6) is 1.28. The van der Waals surface area contributed by atoms with Crippen LogP contribution in [0.4, 0.5) is 0 Å². The maximum atomic E-state index is 12.7. The Morgan fingerprint density at radius 3 is 2.09 bits per heavy atom. The van der Waals surface area contributed by atoms with Crippen molar-refractivity contribution in [2.75, 3.05) is 0 Å². The summed E-state index contributed by atoms with van der Waals surface area (Å²) in [4.78, 5) is 25.0. The molecule has 0 spiro atoms. The number of ether oxygens (including phenoxy) is 1. The Kier molecular flexibility index (Phi) is 12.1. The Labute approximate surface area is 206 Å².